The van der Waals surface area contributed by atoms with E-state index in [4.69, 9.17) is 0 Å². The molecule has 0 unspecified atom stereocenters. The molecule has 2 rings (SSSR count). The highest BCUT2D eigenvalue weighted by Gasteiger charge is 2.07. The molecule has 1 heteroatoms. The van der Waals surface area contributed by atoms with Crippen LogP contribution in [0.25, 0.3) is 10.1 Å². The van der Waals surface area contributed by atoms with E-state index in [2.05, 4.69) is 38.1 Å². The first-order chi connectivity index (χ1) is 10.8. The summed E-state index contributed by atoms with van der Waals surface area (Å²) in [4.78, 5) is 1.61. The Morgan fingerprint density at radius 1 is 0.773 bits per heavy atom. The summed E-state index contributed by atoms with van der Waals surface area (Å²) in [6, 6.07) is 8.84. The molecule has 0 aliphatic heterocycles. The van der Waals surface area contributed by atoms with Crippen molar-refractivity contribution in [3.8, 4) is 0 Å². The first-order valence-corrected chi connectivity index (χ1v) is 10.1. The molecular weight excluding hydrogens is 284 g/mol. The fraction of sp³-hybridized carbons (Fsp3) is 0.619. The number of hydrogen-bond acceptors (Lipinski definition) is 1. The average molecular weight is 317 g/mol. The van der Waals surface area contributed by atoms with Crippen LogP contribution in [-0.4, -0.2) is 0 Å². The van der Waals surface area contributed by atoms with Crippen LogP contribution in [0, 0.1) is 6.92 Å². The Morgan fingerprint density at radius 3 is 2.00 bits per heavy atom. The second-order valence-corrected chi connectivity index (χ2v) is 7.72. The minimum absolute atomic E-state index is 1.28. The van der Waals surface area contributed by atoms with Crippen LogP contribution in [0.15, 0.2) is 24.3 Å². The van der Waals surface area contributed by atoms with Gasteiger partial charge in [0.25, 0.3) is 0 Å². The number of thiophene rings is 1. The molecule has 0 N–H and O–H groups in total. The third-order valence-corrected chi connectivity index (χ3v) is 6.03. The molecule has 122 valence electrons. The third-order valence-electron chi connectivity index (χ3n) is 4.70. The summed E-state index contributed by atoms with van der Waals surface area (Å²) in [6.07, 6.45) is 15.5. The lowest BCUT2D eigenvalue weighted by molar-refractivity contribution is 0.557. The first-order valence-electron chi connectivity index (χ1n) is 9.30. The Hall–Kier alpha value is -0.820. The van der Waals surface area contributed by atoms with Crippen LogP contribution in [-0.2, 0) is 6.42 Å². The van der Waals surface area contributed by atoms with Crippen molar-refractivity contribution in [1.82, 2.24) is 0 Å². The van der Waals surface area contributed by atoms with E-state index < -0.39 is 0 Å². The van der Waals surface area contributed by atoms with Crippen molar-refractivity contribution in [3.05, 3.63) is 34.7 Å². The number of fused-ring (bicyclic) bond motifs is 1. The molecule has 0 atom stereocenters. The second-order valence-electron chi connectivity index (χ2n) is 6.58. The van der Waals surface area contributed by atoms with E-state index in [9.17, 15) is 0 Å². The van der Waals surface area contributed by atoms with Crippen LogP contribution >= 0.6 is 11.3 Å². The Morgan fingerprint density at radius 2 is 1.36 bits per heavy atom. The van der Waals surface area contributed by atoms with Crippen molar-refractivity contribution in [2.24, 2.45) is 0 Å². The molecule has 0 amide bonds. The highest BCUT2D eigenvalue weighted by Crippen LogP contribution is 2.31. The first kappa shape index (κ1) is 17.5. The molecule has 2 aromatic rings. The van der Waals surface area contributed by atoms with Gasteiger partial charge in [-0.25, -0.2) is 0 Å². The summed E-state index contributed by atoms with van der Waals surface area (Å²) < 4.78 is 1.46. The highest BCUT2D eigenvalue weighted by atomic mass is 32.1. The molecule has 1 aromatic carbocycles. The van der Waals surface area contributed by atoms with Crippen LogP contribution in [0.1, 0.15) is 81.6 Å². The van der Waals surface area contributed by atoms with E-state index in [1.54, 1.807) is 4.88 Å². The minimum atomic E-state index is 1.28. The lowest BCUT2D eigenvalue weighted by atomic mass is 10.0. The maximum Gasteiger partial charge on any atom is 0.0348 e. The fourth-order valence-corrected chi connectivity index (χ4v) is 4.49. The lowest BCUT2D eigenvalue weighted by Gasteiger charge is -2.02. The van der Waals surface area contributed by atoms with Crippen molar-refractivity contribution in [2.75, 3.05) is 0 Å². The molecule has 0 nitrogen and oxygen atoms in total. The van der Waals surface area contributed by atoms with Gasteiger partial charge < -0.3 is 0 Å². The van der Waals surface area contributed by atoms with Crippen LogP contribution < -0.4 is 0 Å². The summed E-state index contributed by atoms with van der Waals surface area (Å²) >= 11 is 2.00. The van der Waals surface area contributed by atoms with Crippen molar-refractivity contribution >= 4 is 21.4 Å². The zero-order chi connectivity index (χ0) is 15.6. The zero-order valence-corrected chi connectivity index (χ0v) is 15.3. The molecular formula is C21H32S. The number of hydrogen-bond donors (Lipinski definition) is 0. The van der Waals surface area contributed by atoms with E-state index in [-0.39, 0.29) is 0 Å². The van der Waals surface area contributed by atoms with Crippen molar-refractivity contribution in [2.45, 2.75) is 84.5 Å². The van der Waals surface area contributed by atoms with Gasteiger partial charge in [0.15, 0.2) is 0 Å². The predicted octanol–water partition coefficient (Wildman–Crippen LogP) is 7.67. The van der Waals surface area contributed by atoms with Crippen LogP contribution in [0.4, 0.5) is 0 Å². The largest absolute Gasteiger partial charge is 0.140 e. The van der Waals surface area contributed by atoms with Crippen molar-refractivity contribution in [3.63, 3.8) is 0 Å². The monoisotopic (exact) mass is 316 g/mol. The average Bonchev–Trinajstić information content (AvgIpc) is 2.86. The SMILES string of the molecule is CCCCCCCCCCCCc1sc2ccccc2c1C. The lowest BCUT2D eigenvalue weighted by Crippen LogP contribution is -1.86. The Kier molecular flexibility index (Phi) is 8.01. The molecule has 0 fully saturated rings. The van der Waals surface area contributed by atoms with Crippen LogP contribution in [0.2, 0.25) is 0 Å². The van der Waals surface area contributed by atoms with Gasteiger partial charge >= 0.3 is 0 Å². The summed E-state index contributed by atoms with van der Waals surface area (Å²) in [5, 5.41) is 1.47. The van der Waals surface area contributed by atoms with E-state index in [1.807, 2.05) is 11.3 Å². The van der Waals surface area contributed by atoms with E-state index in [0.29, 0.717) is 0 Å². The number of rotatable bonds is 11. The summed E-state index contributed by atoms with van der Waals surface area (Å²) in [7, 11) is 0. The number of unbranched alkanes of at least 4 members (excludes halogenated alkanes) is 9. The van der Waals surface area contributed by atoms with Crippen molar-refractivity contribution < 1.29 is 0 Å². The molecule has 22 heavy (non-hydrogen) atoms. The molecule has 1 heterocycles. The summed E-state index contributed by atoms with van der Waals surface area (Å²) in [6.45, 7) is 4.59. The van der Waals surface area contributed by atoms with Gasteiger partial charge in [0.1, 0.15) is 0 Å². The third kappa shape index (κ3) is 5.43. The molecule has 0 aliphatic rings. The number of benzene rings is 1. The summed E-state index contributed by atoms with van der Waals surface area (Å²) in [5.41, 5.74) is 1.52. The predicted molar refractivity (Wildman–Crippen MR) is 102 cm³/mol. The van der Waals surface area contributed by atoms with Crippen LogP contribution in [0.3, 0.4) is 0 Å². The number of aryl methyl sites for hydroxylation is 2. The van der Waals surface area contributed by atoms with E-state index >= 15 is 0 Å². The van der Waals surface area contributed by atoms with E-state index in [1.165, 1.54) is 86.3 Å². The maximum atomic E-state index is 2.30. The topological polar surface area (TPSA) is 0 Å². The Bertz CT molecular complexity index is 538. The minimum Gasteiger partial charge on any atom is -0.140 e. The molecule has 0 spiro atoms. The van der Waals surface area contributed by atoms with Gasteiger partial charge in [-0.1, -0.05) is 82.9 Å². The molecule has 0 saturated heterocycles. The van der Waals surface area contributed by atoms with Gasteiger partial charge in [-0.15, -0.1) is 11.3 Å². The van der Waals surface area contributed by atoms with Gasteiger partial charge in [-0.2, -0.15) is 0 Å². The maximum absolute atomic E-state index is 2.30. The standard InChI is InChI=1S/C21H32S/c1-3-4-5-6-7-8-9-10-11-12-16-20-18(2)19-15-13-14-17-21(19)22-20/h13-15,17H,3-12,16H2,1-2H3. The Balaban J connectivity index is 1.57. The van der Waals surface area contributed by atoms with Crippen molar-refractivity contribution in [1.29, 1.82) is 0 Å². The molecule has 1 aromatic heterocycles. The van der Waals surface area contributed by atoms with Gasteiger partial charge in [-0.05, 0) is 36.8 Å². The van der Waals surface area contributed by atoms with Gasteiger partial charge in [0.2, 0.25) is 0 Å². The zero-order valence-electron chi connectivity index (χ0n) is 14.5. The second kappa shape index (κ2) is 10.0. The van der Waals surface area contributed by atoms with Gasteiger partial charge in [0.05, 0.1) is 0 Å². The van der Waals surface area contributed by atoms with E-state index in [0.717, 1.165) is 0 Å². The molecule has 0 saturated carbocycles. The molecule has 0 bridgehead atoms. The smallest absolute Gasteiger partial charge is 0.0348 e. The fourth-order valence-electron chi connectivity index (χ4n) is 3.24. The van der Waals surface area contributed by atoms with Crippen LogP contribution in [0.5, 0.6) is 0 Å². The normalized spacial score (nSPS) is 11.4. The quantitative estimate of drug-likeness (QED) is 0.373. The summed E-state index contributed by atoms with van der Waals surface area (Å²) in [5.74, 6) is 0. The Labute approximate surface area is 140 Å². The highest BCUT2D eigenvalue weighted by molar-refractivity contribution is 7.19. The molecule has 0 aliphatic carbocycles. The molecule has 0 radical (unpaired) electrons. The van der Waals surface area contributed by atoms with Gasteiger partial charge in [-0.3, -0.25) is 0 Å². The van der Waals surface area contributed by atoms with Gasteiger partial charge in [0, 0.05) is 9.58 Å².